The highest BCUT2D eigenvalue weighted by Gasteiger charge is 2.33. The van der Waals surface area contributed by atoms with Gasteiger partial charge in [-0.15, -0.1) is 0 Å². The standard InChI is InChI=1S/C22H28N4O5/c1-22(2,3)31-20(27)25-9-7-14(8-10-25)12-26-18-15(13-30-21(26)28)11-23-19-16(18)5-6-17(24-19)29-4/h5-6,11,14H,7-10,12-13H2,1-4H3. The monoisotopic (exact) mass is 428 g/mol. The molecule has 1 saturated heterocycles. The summed E-state index contributed by atoms with van der Waals surface area (Å²) < 4.78 is 16.1. The van der Waals surface area contributed by atoms with Gasteiger partial charge in [0, 0.05) is 42.8 Å². The number of rotatable bonds is 3. The van der Waals surface area contributed by atoms with Crippen LogP contribution in [0, 0.1) is 5.92 Å². The second kappa shape index (κ2) is 8.20. The van der Waals surface area contributed by atoms with Gasteiger partial charge in [0.25, 0.3) is 0 Å². The summed E-state index contributed by atoms with van der Waals surface area (Å²) in [6, 6.07) is 3.64. The average Bonchev–Trinajstić information content (AvgIpc) is 2.74. The van der Waals surface area contributed by atoms with Crippen LogP contribution in [-0.4, -0.2) is 59.4 Å². The van der Waals surface area contributed by atoms with Gasteiger partial charge in [0.2, 0.25) is 5.88 Å². The number of anilines is 1. The van der Waals surface area contributed by atoms with Crippen LogP contribution in [0.1, 0.15) is 39.2 Å². The zero-order chi connectivity index (χ0) is 22.2. The van der Waals surface area contributed by atoms with Crippen LogP contribution in [-0.2, 0) is 16.1 Å². The molecule has 0 atom stereocenters. The molecular weight excluding hydrogens is 400 g/mol. The summed E-state index contributed by atoms with van der Waals surface area (Å²) in [7, 11) is 1.56. The molecule has 9 heteroatoms. The molecular formula is C22H28N4O5. The number of aromatic nitrogens is 2. The molecule has 0 unspecified atom stereocenters. The minimum Gasteiger partial charge on any atom is -0.481 e. The van der Waals surface area contributed by atoms with Gasteiger partial charge in [0.05, 0.1) is 12.8 Å². The maximum atomic E-state index is 12.7. The van der Waals surface area contributed by atoms with E-state index in [2.05, 4.69) is 9.97 Å². The molecule has 9 nitrogen and oxygen atoms in total. The molecule has 4 rings (SSSR count). The summed E-state index contributed by atoms with van der Waals surface area (Å²) in [6.45, 7) is 7.49. The maximum absolute atomic E-state index is 12.7. The van der Waals surface area contributed by atoms with E-state index >= 15 is 0 Å². The van der Waals surface area contributed by atoms with E-state index in [1.165, 1.54) is 0 Å². The fourth-order valence-electron chi connectivity index (χ4n) is 3.98. The maximum Gasteiger partial charge on any atom is 0.414 e. The molecule has 0 aliphatic carbocycles. The molecule has 0 spiro atoms. The van der Waals surface area contributed by atoms with Crippen molar-refractivity contribution in [1.29, 1.82) is 0 Å². The number of hydrogen-bond acceptors (Lipinski definition) is 7. The lowest BCUT2D eigenvalue weighted by Crippen LogP contribution is -2.45. The first-order valence-corrected chi connectivity index (χ1v) is 10.5. The van der Waals surface area contributed by atoms with Crippen LogP contribution < -0.4 is 9.64 Å². The van der Waals surface area contributed by atoms with E-state index in [9.17, 15) is 9.59 Å². The first-order valence-electron chi connectivity index (χ1n) is 10.5. The number of amides is 2. The molecule has 166 valence electrons. The van der Waals surface area contributed by atoms with E-state index < -0.39 is 5.60 Å². The van der Waals surface area contributed by atoms with Gasteiger partial charge in [0.15, 0.2) is 5.65 Å². The smallest absolute Gasteiger partial charge is 0.414 e. The topological polar surface area (TPSA) is 94.1 Å². The summed E-state index contributed by atoms with van der Waals surface area (Å²) in [4.78, 5) is 37.2. The van der Waals surface area contributed by atoms with Gasteiger partial charge in [-0.3, -0.25) is 4.90 Å². The summed E-state index contributed by atoms with van der Waals surface area (Å²) in [5.41, 5.74) is 1.66. The Kier molecular flexibility index (Phi) is 5.60. The number of likely N-dealkylation sites (tertiary alicyclic amines) is 1. The van der Waals surface area contributed by atoms with Crippen LogP contribution in [0.25, 0.3) is 11.0 Å². The van der Waals surface area contributed by atoms with Crippen LogP contribution >= 0.6 is 0 Å². The third-order valence-electron chi connectivity index (χ3n) is 5.51. The van der Waals surface area contributed by atoms with Crippen molar-refractivity contribution in [3.8, 4) is 5.88 Å². The van der Waals surface area contributed by atoms with Gasteiger partial charge in [-0.2, -0.15) is 4.98 Å². The molecule has 0 aromatic carbocycles. The minimum atomic E-state index is -0.513. The van der Waals surface area contributed by atoms with Gasteiger partial charge in [-0.25, -0.2) is 14.6 Å². The summed E-state index contributed by atoms with van der Waals surface area (Å²) in [5.74, 6) is 0.714. The Hall–Kier alpha value is -3.10. The Bertz CT molecular complexity index is 995. The number of hydrogen-bond donors (Lipinski definition) is 0. The van der Waals surface area contributed by atoms with Crippen LogP contribution in [0.15, 0.2) is 18.3 Å². The van der Waals surface area contributed by atoms with Crippen molar-refractivity contribution in [3.05, 3.63) is 23.9 Å². The first kappa shape index (κ1) is 21.1. The van der Waals surface area contributed by atoms with Crippen LogP contribution in [0.4, 0.5) is 15.3 Å². The quantitative estimate of drug-likeness (QED) is 0.735. The van der Waals surface area contributed by atoms with Gasteiger partial charge in [-0.05, 0) is 45.6 Å². The first-order chi connectivity index (χ1) is 14.7. The summed E-state index contributed by atoms with van der Waals surface area (Å²) in [5, 5.41) is 0.793. The number of pyridine rings is 2. The molecule has 0 radical (unpaired) electrons. The Labute approximate surface area is 181 Å². The van der Waals surface area contributed by atoms with Gasteiger partial charge >= 0.3 is 12.2 Å². The van der Waals surface area contributed by atoms with Crippen LogP contribution in [0.5, 0.6) is 5.88 Å². The number of carbonyl (C=O) groups excluding carboxylic acids is 2. The minimum absolute atomic E-state index is 0.191. The average molecular weight is 428 g/mol. The van der Waals surface area contributed by atoms with E-state index in [0.717, 1.165) is 29.5 Å². The number of carbonyl (C=O) groups is 2. The Morgan fingerprint density at radius 3 is 2.68 bits per heavy atom. The Morgan fingerprint density at radius 1 is 1.26 bits per heavy atom. The number of piperidine rings is 1. The third-order valence-corrected chi connectivity index (χ3v) is 5.51. The molecule has 0 N–H and O–H groups in total. The van der Waals surface area contributed by atoms with E-state index in [1.54, 1.807) is 29.2 Å². The number of nitrogens with zero attached hydrogens (tertiary/aromatic N) is 4. The zero-order valence-corrected chi connectivity index (χ0v) is 18.4. The molecule has 31 heavy (non-hydrogen) atoms. The van der Waals surface area contributed by atoms with Crippen molar-refractivity contribution >= 4 is 28.9 Å². The van der Waals surface area contributed by atoms with Crippen molar-refractivity contribution < 1.29 is 23.8 Å². The van der Waals surface area contributed by atoms with E-state index in [4.69, 9.17) is 14.2 Å². The van der Waals surface area contributed by atoms with E-state index in [-0.39, 0.29) is 24.7 Å². The highest BCUT2D eigenvalue weighted by atomic mass is 16.6. The largest absolute Gasteiger partial charge is 0.481 e. The zero-order valence-electron chi connectivity index (χ0n) is 18.4. The second-order valence-electron chi connectivity index (χ2n) is 8.93. The third kappa shape index (κ3) is 4.50. The molecule has 2 aromatic rings. The second-order valence-corrected chi connectivity index (χ2v) is 8.93. The molecule has 1 fully saturated rings. The molecule has 0 bridgehead atoms. The fourth-order valence-corrected chi connectivity index (χ4v) is 3.98. The van der Waals surface area contributed by atoms with Gasteiger partial charge in [0.1, 0.15) is 12.2 Å². The van der Waals surface area contributed by atoms with Gasteiger partial charge in [-0.1, -0.05) is 0 Å². The van der Waals surface area contributed by atoms with Crippen LogP contribution in [0.2, 0.25) is 0 Å². The number of methoxy groups -OCH3 is 1. The van der Waals surface area contributed by atoms with Crippen molar-refractivity contribution in [1.82, 2.24) is 14.9 Å². The van der Waals surface area contributed by atoms with Crippen molar-refractivity contribution in [2.24, 2.45) is 5.92 Å². The highest BCUT2D eigenvalue weighted by molar-refractivity contribution is 6.01. The van der Waals surface area contributed by atoms with E-state index in [0.29, 0.717) is 31.2 Å². The molecule has 4 heterocycles. The number of fused-ring (bicyclic) bond motifs is 3. The van der Waals surface area contributed by atoms with Crippen LogP contribution in [0.3, 0.4) is 0 Å². The highest BCUT2D eigenvalue weighted by Crippen LogP contribution is 2.35. The molecule has 2 amide bonds. The molecule has 0 saturated carbocycles. The summed E-state index contributed by atoms with van der Waals surface area (Å²) >= 11 is 0. The van der Waals surface area contributed by atoms with Crippen molar-refractivity contribution in [3.63, 3.8) is 0 Å². The van der Waals surface area contributed by atoms with E-state index in [1.807, 2.05) is 26.8 Å². The number of ether oxygens (including phenoxy) is 3. The lowest BCUT2D eigenvalue weighted by atomic mass is 9.95. The van der Waals surface area contributed by atoms with Gasteiger partial charge < -0.3 is 19.1 Å². The normalized spacial score (nSPS) is 17.4. The molecule has 2 aliphatic heterocycles. The lowest BCUT2D eigenvalue weighted by Gasteiger charge is -2.37. The van der Waals surface area contributed by atoms with Crippen molar-refractivity contribution in [2.45, 2.75) is 45.8 Å². The lowest BCUT2D eigenvalue weighted by molar-refractivity contribution is 0.0185. The molecule has 2 aromatic heterocycles. The fraction of sp³-hybridized carbons (Fsp3) is 0.545. The predicted octanol–water partition coefficient (Wildman–Crippen LogP) is 3.74. The number of cyclic esters (lactones) is 1. The predicted molar refractivity (Wildman–Crippen MR) is 114 cm³/mol. The Balaban J connectivity index is 1.51. The Morgan fingerprint density at radius 2 is 2.00 bits per heavy atom. The van der Waals surface area contributed by atoms with Crippen molar-refractivity contribution in [2.75, 3.05) is 31.6 Å². The summed E-state index contributed by atoms with van der Waals surface area (Å²) in [6.07, 6.45) is 2.62. The molecule has 2 aliphatic rings. The SMILES string of the molecule is COc1ccc2c3c(cnc2n1)COC(=O)N3CC1CCN(C(=O)OC(C)(C)C)CC1.